The lowest BCUT2D eigenvalue weighted by molar-refractivity contribution is -0.0231. The molecule has 0 radical (unpaired) electrons. The Balaban J connectivity index is 1.73. The molecular weight excluding hydrogens is 397 g/mol. The number of piperazine rings is 1. The van der Waals surface area contributed by atoms with Crippen LogP contribution in [0.15, 0.2) is 24.7 Å². The third kappa shape index (κ3) is 3.54. The lowest BCUT2D eigenvalue weighted by Crippen LogP contribution is -2.62. The molecule has 0 aliphatic carbocycles. The number of nitrogens with one attached hydrogen (secondary N) is 1. The third-order valence-corrected chi connectivity index (χ3v) is 5.92. The lowest BCUT2D eigenvalue weighted by Gasteiger charge is -2.43. The van der Waals surface area contributed by atoms with Gasteiger partial charge in [0.1, 0.15) is 11.3 Å². The molecule has 0 unspecified atom stereocenters. The molecule has 3 aromatic heterocycles. The van der Waals surface area contributed by atoms with E-state index in [1.54, 1.807) is 6.20 Å². The van der Waals surface area contributed by atoms with Crippen molar-refractivity contribution in [3.05, 3.63) is 35.5 Å². The monoisotopic (exact) mass is 419 g/mol. The van der Waals surface area contributed by atoms with Gasteiger partial charge in [-0.25, -0.2) is 19.3 Å². The van der Waals surface area contributed by atoms with E-state index >= 15 is 0 Å². The fourth-order valence-corrected chi connectivity index (χ4v) is 3.73. The molecule has 0 bridgehead atoms. The first kappa shape index (κ1) is 19.9. The standard InChI is InChI=1S/C19H23ClFN7O/c1-11(2)19(3,29)15-10-27(7-6-23-15)16-12(20)8-13(21)17(26-16)28-18-14(9-25-28)22-4-5-24-18/h4-5,8-9,11,15,23,29H,6-7,10H2,1-3H3/t15-,19+/m0/s1. The Hall–Kier alpha value is -2.36. The van der Waals surface area contributed by atoms with Crippen LogP contribution in [-0.4, -0.2) is 61.1 Å². The number of halogens is 2. The normalized spacial score (nSPS) is 19.7. The zero-order valence-electron chi connectivity index (χ0n) is 16.5. The van der Waals surface area contributed by atoms with Crippen molar-refractivity contribution in [1.82, 2.24) is 30.0 Å². The van der Waals surface area contributed by atoms with E-state index in [1.807, 2.05) is 25.7 Å². The number of hydrogen-bond acceptors (Lipinski definition) is 7. The highest BCUT2D eigenvalue weighted by Crippen LogP contribution is 2.31. The number of pyridine rings is 1. The summed E-state index contributed by atoms with van der Waals surface area (Å²) in [4.78, 5) is 14.9. The van der Waals surface area contributed by atoms with Gasteiger partial charge >= 0.3 is 0 Å². The molecule has 1 aliphatic rings. The summed E-state index contributed by atoms with van der Waals surface area (Å²) in [5.41, 5.74) is 0.0374. The minimum atomic E-state index is -0.915. The van der Waals surface area contributed by atoms with Crippen molar-refractivity contribution in [2.24, 2.45) is 5.92 Å². The molecule has 8 nitrogen and oxygen atoms in total. The molecule has 2 N–H and O–H groups in total. The van der Waals surface area contributed by atoms with Crippen molar-refractivity contribution in [3.8, 4) is 5.82 Å². The van der Waals surface area contributed by atoms with Gasteiger partial charge in [0.05, 0.1) is 22.9 Å². The summed E-state index contributed by atoms with van der Waals surface area (Å²) >= 11 is 6.35. The molecule has 1 fully saturated rings. The smallest absolute Gasteiger partial charge is 0.194 e. The van der Waals surface area contributed by atoms with Gasteiger partial charge in [-0.2, -0.15) is 9.78 Å². The van der Waals surface area contributed by atoms with Crippen molar-refractivity contribution >= 4 is 28.6 Å². The van der Waals surface area contributed by atoms with Crippen molar-refractivity contribution < 1.29 is 9.50 Å². The number of aliphatic hydroxyl groups is 1. The highest BCUT2D eigenvalue weighted by atomic mass is 35.5. The summed E-state index contributed by atoms with van der Waals surface area (Å²) in [5, 5.41) is 18.7. The zero-order valence-corrected chi connectivity index (χ0v) is 17.2. The average molecular weight is 420 g/mol. The predicted molar refractivity (Wildman–Crippen MR) is 109 cm³/mol. The first-order chi connectivity index (χ1) is 13.8. The van der Waals surface area contributed by atoms with Gasteiger partial charge in [-0.3, -0.25) is 0 Å². The fourth-order valence-electron chi connectivity index (χ4n) is 3.47. The molecule has 4 rings (SSSR count). The molecule has 1 saturated heterocycles. The Labute approximate surface area is 172 Å². The second kappa shape index (κ2) is 7.47. The van der Waals surface area contributed by atoms with Gasteiger partial charge in [-0.15, -0.1) is 0 Å². The Morgan fingerprint density at radius 1 is 1.31 bits per heavy atom. The number of hydrogen-bond donors (Lipinski definition) is 2. The van der Waals surface area contributed by atoms with Crippen molar-refractivity contribution in [2.45, 2.75) is 32.4 Å². The van der Waals surface area contributed by atoms with Crippen LogP contribution in [-0.2, 0) is 0 Å². The highest BCUT2D eigenvalue weighted by Gasteiger charge is 2.38. The molecule has 0 amide bonds. The Morgan fingerprint density at radius 2 is 2.07 bits per heavy atom. The molecule has 4 heterocycles. The topological polar surface area (TPSA) is 92.0 Å². The Bertz CT molecular complexity index is 1040. The van der Waals surface area contributed by atoms with Gasteiger partial charge in [-0.05, 0) is 12.8 Å². The van der Waals surface area contributed by atoms with E-state index in [0.29, 0.717) is 36.6 Å². The second-order valence-corrected chi connectivity index (χ2v) is 8.16. The maximum Gasteiger partial charge on any atom is 0.194 e. The van der Waals surface area contributed by atoms with Crippen LogP contribution < -0.4 is 10.2 Å². The largest absolute Gasteiger partial charge is 0.388 e. The summed E-state index contributed by atoms with van der Waals surface area (Å²) < 4.78 is 16.1. The molecule has 154 valence electrons. The molecular formula is C19H23ClFN7O. The molecule has 3 aromatic rings. The van der Waals surface area contributed by atoms with E-state index in [9.17, 15) is 9.50 Å². The summed E-state index contributed by atoms with van der Waals surface area (Å²) in [6, 6.07) is 1.06. The molecule has 10 heteroatoms. The van der Waals surface area contributed by atoms with Gasteiger partial charge in [0.15, 0.2) is 17.3 Å². The number of rotatable bonds is 4. The van der Waals surface area contributed by atoms with Gasteiger partial charge in [0.2, 0.25) is 0 Å². The number of nitrogens with zero attached hydrogens (tertiary/aromatic N) is 6. The van der Waals surface area contributed by atoms with Crippen LogP contribution in [0.5, 0.6) is 0 Å². The number of fused-ring (bicyclic) bond motifs is 1. The third-order valence-electron chi connectivity index (χ3n) is 5.64. The van der Waals surface area contributed by atoms with Crippen LogP contribution in [0.3, 0.4) is 0 Å². The quantitative estimate of drug-likeness (QED) is 0.669. The molecule has 0 saturated carbocycles. The molecule has 2 atom stereocenters. The van der Waals surface area contributed by atoms with Crippen LogP contribution >= 0.6 is 11.6 Å². The SMILES string of the molecule is CC(C)[C@@](C)(O)[C@@H]1CN(c2nc(-n3ncc4nccnc43)c(F)cc2Cl)CCN1. The van der Waals surface area contributed by atoms with Crippen LogP contribution in [0.4, 0.5) is 10.2 Å². The summed E-state index contributed by atoms with van der Waals surface area (Å²) in [6.45, 7) is 7.54. The maximum absolute atomic E-state index is 14.7. The van der Waals surface area contributed by atoms with Crippen molar-refractivity contribution in [2.75, 3.05) is 24.5 Å². The van der Waals surface area contributed by atoms with Gasteiger partial charge < -0.3 is 15.3 Å². The number of anilines is 1. The summed E-state index contributed by atoms with van der Waals surface area (Å²) in [7, 11) is 0. The molecule has 29 heavy (non-hydrogen) atoms. The van der Waals surface area contributed by atoms with Crippen molar-refractivity contribution in [1.29, 1.82) is 0 Å². The molecule has 1 aliphatic heterocycles. The van der Waals surface area contributed by atoms with E-state index in [0.717, 1.165) is 0 Å². The van der Waals surface area contributed by atoms with Crippen LogP contribution in [0.25, 0.3) is 17.0 Å². The Kier molecular flexibility index (Phi) is 5.14. The number of aromatic nitrogens is 5. The van der Waals surface area contributed by atoms with Gasteiger partial charge in [0.25, 0.3) is 0 Å². The maximum atomic E-state index is 14.7. The van der Waals surface area contributed by atoms with Gasteiger partial charge in [0, 0.05) is 38.1 Å². The average Bonchev–Trinajstić information content (AvgIpc) is 3.12. The summed E-state index contributed by atoms with van der Waals surface area (Å²) in [6.07, 6.45) is 4.58. The highest BCUT2D eigenvalue weighted by molar-refractivity contribution is 6.33. The van der Waals surface area contributed by atoms with Crippen LogP contribution in [0, 0.1) is 11.7 Å². The first-order valence-corrected chi connectivity index (χ1v) is 9.88. The summed E-state index contributed by atoms with van der Waals surface area (Å²) in [5.74, 6) is -0.0938. The van der Waals surface area contributed by atoms with E-state index in [4.69, 9.17) is 11.6 Å². The van der Waals surface area contributed by atoms with Crippen LogP contribution in [0.1, 0.15) is 20.8 Å². The first-order valence-electron chi connectivity index (χ1n) is 9.51. The molecule has 0 aromatic carbocycles. The van der Waals surface area contributed by atoms with Crippen LogP contribution in [0.2, 0.25) is 5.02 Å². The minimum absolute atomic E-state index is 0.00519. The van der Waals surface area contributed by atoms with Crippen molar-refractivity contribution in [3.63, 3.8) is 0 Å². The predicted octanol–water partition coefficient (Wildman–Crippen LogP) is 2.19. The van der Waals surface area contributed by atoms with E-state index in [2.05, 4.69) is 25.4 Å². The van der Waals surface area contributed by atoms with Gasteiger partial charge in [-0.1, -0.05) is 25.4 Å². The van der Waals surface area contributed by atoms with E-state index < -0.39 is 11.4 Å². The molecule has 0 spiro atoms. The zero-order chi connectivity index (χ0) is 20.8. The fraction of sp³-hybridized carbons (Fsp3) is 0.474. The second-order valence-electron chi connectivity index (χ2n) is 7.75. The van der Waals surface area contributed by atoms with E-state index in [-0.39, 0.29) is 22.8 Å². The van der Waals surface area contributed by atoms with E-state index in [1.165, 1.54) is 23.1 Å². The Morgan fingerprint density at radius 3 is 2.83 bits per heavy atom. The lowest BCUT2D eigenvalue weighted by atomic mass is 9.84. The minimum Gasteiger partial charge on any atom is -0.388 e.